The molecule has 3 heteroatoms. The molecule has 0 aliphatic carbocycles. The van der Waals surface area contributed by atoms with Crippen LogP contribution in [0.4, 0.5) is 0 Å². The topological polar surface area (TPSA) is 51.2 Å². The van der Waals surface area contributed by atoms with Crippen LogP contribution in [0.25, 0.3) is 0 Å². The molecule has 0 saturated carbocycles. The molecule has 0 aliphatic heterocycles. The maximum Gasteiger partial charge on any atom is 0.206 e. The Morgan fingerprint density at radius 1 is 1.50 bits per heavy atom. The van der Waals surface area contributed by atoms with Crippen molar-refractivity contribution in [1.29, 1.82) is 0 Å². The summed E-state index contributed by atoms with van der Waals surface area (Å²) >= 11 is 0. The molecule has 0 heterocycles. The van der Waals surface area contributed by atoms with Gasteiger partial charge in [-0.2, -0.15) is 0 Å². The fourth-order valence-corrected chi connectivity index (χ4v) is 0.551. The van der Waals surface area contributed by atoms with Crippen LogP contribution in [0.1, 0.15) is 25.7 Å². The normalized spacial score (nSPS) is 8.80. The number of rotatable bonds is 6. The molecule has 0 atom stereocenters. The Hall–Kier alpha value is -0.990. The van der Waals surface area contributed by atoms with Crippen molar-refractivity contribution in [1.82, 2.24) is 0 Å². The van der Waals surface area contributed by atoms with Gasteiger partial charge in [0.05, 0.1) is 6.42 Å². The van der Waals surface area contributed by atoms with Gasteiger partial charge in [0.15, 0.2) is 0 Å². The molecule has 0 fully saturated rings. The summed E-state index contributed by atoms with van der Waals surface area (Å²) in [5.41, 5.74) is 0. The number of ketones is 1. The van der Waals surface area contributed by atoms with Crippen LogP contribution in [-0.4, -0.2) is 18.4 Å². The molecule has 0 rings (SSSR count). The van der Waals surface area contributed by atoms with Gasteiger partial charge in [-0.15, -0.1) is 0 Å². The summed E-state index contributed by atoms with van der Waals surface area (Å²) in [6, 6.07) is 0. The van der Waals surface area contributed by atoms with Gasteiger partial charge < -0.3 is 4.79 Å². The van der Waals surface area contributed by atoms with E-state index < -0.39 is 0 Å². The number of hydrogen-bond donors (Lipinski definition) is 0. The molecular weight excluding hydrogens is 132 g/mol. The van der Waals surface area contributed by atoms with E-state index in [1.165, 1.54) is 6.29 Å². The Labute approximate surface area is 59.4 Å². The van der Waals surface area contributed by atoms with Crippen LogP contribution in [0.3, 0.4) is 0 Å². The lowest BCUT2D eigenvalue weighted by atomic mass is 10.1. The maximum atomic E-state index is 10.5. The first-order chi connectivity index (χ1) is 4.81. The fourth-order valence-electron chi connectivity index (χ4n) is 0.551. The monoisotopic (exact) mass is 141 g/mol. The molecule has 0 amide bonds. The third kappa shape index (κ3) is 5.15. The second-order valence-electron chi connectivity index (χ2n) is 1.92. The summed E-state index contributed by atoms with van der Waals surface area (Å²) in [5, 5.41) is 0. The fraction of sp³-hybridized carbons (Fsp3) is 0.571. The smallest absolute Gasteiger partial charge is 0.206 e. The molecule has 1 radical (unpaired) electrons. The Bertz CT molecular complexity index is 129. The van der Waals surface area contributed by atoms with Gasteiger partial charge in [0.2, 0.25) is 6.29 Å². The SMILES string of the molecule is O=[C]CC(=O)CCCC=O. The van der Waals surface area contributed by atoms with E-state index in [0.717, 1.165) is 6.29 Å². The molecule has 0 bridgehead atoms. The van der Waals surface area contributed by atoms with E-state index in [1.807, 2.05) is 0 Å². The number of carbonyl (C=O) groups is 2. The predicted molar refractivity (Wildman–Crippen MR) is 35.2 cm³/mol. The largest absolute Gasteiger partial charge is 0.303 e. The van der Waals surface area contributed by atoms with Crippen molar-refractivity contribution in [3.63, 3.8) is 0 Å². The Balaban J connectivity index is 3.20. The maximum absolute atomic E-state index is 10.5. The molecule has 0 saturated heterocycles. The summed E-state index contributed by atoms with van der Waals surface area (Å²) in [7, 11) is 0. The van der Waals surface area contributed by atoms with Crippen molar-refractivity contribution < 1.29 is 14.4 Å². The Kier molecular flexibility index (Phi) is 5.53. The number of hydrogen-bond acceptors (Lipinski definition) is 3. The highest BCUT2D eigenvalue weighted by Gasteiger charge is 1.99. The lowest BCUT2D eigenvalue weighted by molar-refractivity contribution is -0.118. The standard InChI is InChI=1S/C7H9O3/c8-5-2-1-3-7(10)4-6-9/h5H,1-4H2. The second-order valence-corrected chi connectivity index (χ2v) is 1.92. The first-order valence-corrected chi connectivity index (χ1v) is 3.11. The molecule has 3 nitrogen and oxygen atoms in total. The zero-order valence-corrected chi connectivity index (χ0v) is 5.63. The van der Waals surface area contributed by atoms with Gasteiger partial charge in [-0.05, 0) is 6.42 Å². The second kappa shape index (κ2) is 6.13. The number of carbonyl (C=O) groups excluding carboxylic acids is 3. The number of aldehydes is 1. The summed E-state index contributed by atoms with van der Waals surface area (Å²) in [5.74, 6) is -0.142. The van der Waals surface area contributed by atoms with E-state index in [9.17, 15) is 14.4 Å². The van der Waals surface area contributed by atoms with Gasteiger partial charge in [-0.3, -0.25) is 9.59 Å². The van der Waals surface area contributed by atoms with Crippen LogP contribution in [0, 0.1) is 0 Å². The van der Waals surface area contributed by atoms with Gasteiger partial charge in [0, 0.05) is 12.8 Å². The lowest BCUT2D eigenvalue weighted by Gasteiger charge is -1.89. The van der Waals surface area contributed by atoms with Crippen LogP contribution in [0.2, 0.25) is 0 Å². The van der Waals surface area contributed by atoms with E-state index in [-0.39, 0.29) is 12.2 Å². The van der Waals surface area contributed by atoms with Crippen molar-refractivity contribution in [2.75, 3.05) is 0 Å². The van der Waals surface area contributed by atoms with Gasteiger partial charge >= 0.3 is 0 Å². The van der Waals surface area contributed by atoms with Crippen molar-refractivity contribution >= 4 is 18.4 Å². The van der Waals surface area contributed by atoms with Crippen molar-refractivity contribution in [3.8, 4) is 0 Å². The van der Waals surface area contributed by atoms with Crippen LogP contribution in [-0.2, 0) is 14.4 Å². The highest BCUT2D eigenvalue weighted by molar-refractivity contribution is 5.89. The molecule has 55 valence electrons. The van der Waals surface area contributed by atoms with Gasteiger partial charge in [-0.25, -0.2) is 0 Å². The summed E-state index contributed by atoms with van der Waals surface area (Å²) in [4.78, 5) is 29.9. The average Bonchev–Trinajstić information content (AvgIpc) is 1.89. The van der Waals surface area contributed by atoms with E-state index in [2.05, 4.69) is 0 Å². The van der Waals surface area contributed by atoms with Crippen LogP contribution in [0.15, 0.2) is 0 Å². The minimum atomic E-state index is -0.142. The van der Waals surface area contributed by atoms with Crippen molar-refractivity contribution in [2.24, 2.45) is 0 Å². The van der Waals surface area contributed by atoms with E-state index in [0.29, 0.717) is 19.3 Å². The van der Waals surface area contributed by atoms with Gasteiger partial charge in [0.1, 0.15) is 12.1 Å². The highest BCUT2D eigenvalue weighted by Crippen LogP contribution is 1.95. The highest BCUT2D eigenvalue weighted by atomic mass is 16.1. The molecule has 0 N–H and O–H groups in total. The number of Topliss-reactive ketones (excluding diaryl/α,β-unsaturated/α-hetero) is 1. The third-order valence-electron chi connectivity index (χ3n) is 1.05. The van der Waals surface area contributed by atoms with Crippen LogP contribution in [0.5, 0.6) is 0 Å². The predicted octanol–water partition coefficient (Wildman–Crippen LogP) is 0.425. The van der Waals surface area contributed by atoms with E-state index in [1.54, 1.807) is 0 Å². The lowest BCUT2D eigenvalue weighted by Crippen LogP contribution is -1.97. The van der Waals surface area contributed by atoms with E-state index >= 15 is 0 Å². The number of unbranched alkanes of at least 4 members (excludes halogenated alkanes) is 1. The Morgan fingerprint density at radius 2 is 2.20 bits per heavy atom. The first-order valence-electron chi connectivity index (χ1n) is 3.11. The summed E-state index contributed by atoms with van der Waals surface area (Å²) < 4.78 is 0. The summed E-state index contributed by atoms with van der Waals surface area (Å²) in [6.45, 7) is 0. The zero-order chi connectivity index (χ0) is 7.82. The zero-order valence-electron chi connectivity index (χ0n) is 5.63. The molecule has 0 aromatic rings. The average molecular weight is 141 g/mol. The Morgan fingerprint density at radius 3 is 2.70 bits per heavy atom. The molecule has 0 spiro atoms. The molecule has 10 heavy (non-hydrogen) atoms. The minimum absolute atomic E-state index is 0.140. The molecule has 0 aromatic carbocycles. The van der Waals surface area contributed by atoms with Crippen molar-refractivity contribution in [3.05, 3.63) is 0 Å². The molecule has 0 unspecified atom stereocenters. The molecule has 0 aliphatic rings. The first kappa shape index (κ1) is 9.01. The van der Waals surface area contributed by atoms with Gasteiger partial charge in [-0.1, -0.05) is 0 Å². The van der Waals surface area contributed by atoms with E-state index in [4.69, 9.17) is 0 Å². The molecule has 0 aromatic heterocycles. The minimum Gasteiger partial charge on any atom is -0.303 e. The van der Waals surface area contributed by atoms with Crippen LogP contribution >= 0.6 is 0 Å². The molecular formula is C7H9O3. The van der Waals surface area contributed by atoms with Crippen LogP contribution < -0.4 is 0 Å². The summed E-state index contributed by atoms with van der Waals surface area (Å²) in [6.07, 6.45) is 3.38. The quantitative estimate of drug-likeness (QED) is 0.306. The van der Waals surface area contributed by atoms with Gasteiger partial charge in [0.25, 0.3) is 0 Å². The third-order valence-corrected chi connectivity index (χ3v) is 1.05. The van der Waals surface area contributed by atoms with Crippen molar-refractivity contribution in [2.45, 2.75) is 25.7 Å².